The highest BCUT2D eigenvalue weighted by Gasteiger charge is 2.19. The number of aromatic amines is 4. The van der Waals surface area contributed by atoms with Gasteiger partial charge in [-0.1, -0.05) is 166 Å². The summed E-state index contributed by atoms with van der Waals surface area (Å²) in [4.78, 5) is 37.0. The van der Waals surface area contributed by atoms with Crippen LogP contribution >= 0.6 is 0 Å². The molecule has 0 radical (unpaired) electrons. The van der Waals surface area contributed by atoms with Gasteiger partial charge in [0.2, 0.25) is 0 Å². The summed E-state index contributed by atoms with van der Waals surface area (Å²) in [6, 6.07) is 36.4. The molecular weight excluding hydrogens is 1190 g/mol. The van der Waals surface area contributed by atoms with Crippen LogP contribution in [0, 0.1) is 47.0 Å². The van der Waals surface area contributed by atoms with E-state index in [2.05, 4.69) is 266 Å². The molecule has 6 aromatic heterocycles. The van der Waals surface area contributed by atoms with Gasteiger partial charge < -0.3 is 19.9 Å². The number of rotatable bonds is 20. The highest BCUT2D eigenvalue weighted by molar-refractivity contribution is 6.83. The van der Waals surface area contributed by atoms with Gasteiger partial charge >= 0.3 is 0 Å². The van der Waals surface area contributed by atoms with Crippen LogP contribution in [0.3, 0.4) is 0 Å². The molecule has 2 aromatic carbocycles. The lowest BCUT2D eigenvalue weighted by molar-refractivity contribution is 0.667. The van der Waals surface area contributed by atoms with Crippen molar-refractivity contribution in [1.82, 2.24) is 39.9 Å². The first-order valence-corrected chi connectivity index (χ1v) is 39.0. The van der Waals surface area contributed by atoms with Crippen LogP contribution in [0.4, 0.5) is 0 Å². The number of hydrogen-bond acceptors (Lipinski definition) is 4. The topological polar surface area (TPSA) is 115 Å². The van der Waals surface area contributed by atoms with Gasteiger partial charge in [-0.15, -0.1) is 5.54 Å². The van der Waals surface area contributed by atoms with Crippen molar-refractivity contribution in [2.75, 3.05) is 0 Å². The number of aryl methyl sites for hydroxylation is 4. The maximum Gasteiger partial charge on any atom is 0.129 e. The lowest BCUT2D eigenvalue weighted by atomic mass is 10.0. The monoisotopic (exact) mass is 1270 g/mol. The van der Waals surface area contributed by atoms with E-state index in [0.717, 1.165) is 206 Å². The van der Waals surface area contributed by atoms with Crippen molar-refractivity contribution < 1.29 is 0 Å². The van der Waals surface area contributed by atoms with Crippen LogP contribution in [-0.2, 0) is 25.7 Å². The number of H-pyrrole nitrogens is 4. The van der Waals surface area contributed by atoms with Gasteiger partial charge in [-0.05, 0) is 203 Å². The molecule has 4 aliphatic heterocycles. The molecule has 0 spiro atoms. The Morgan fingerprint density at radius 1 is 0.281 bits per heavy atom. The van der Waals surface area contributed by atoms with Crippen molar-refractivity contribution in [3.8, 4) is 47.0 Å². The van der Waals surface area contributed by atoms with E-state index in [4.69, 9.17) is 19.9 Å². The standard InChI is InChI=1S/C87H90N8Si/c1-8-12-16-20-24-67-74-44-39-65(88-74)60-66-40-45-75(89-66)68(25-21-17-13-9-2)77-47-53-83(91-77)71(82-52-46-76(67)90-82)41-36-61-28-30-62(31-29-61)37-42-72-84-54-48-78(92-84)69(26-22-18-14-10-3)80-50-56-86(94-80)73(43-38-63-32-34-64(35-33-63)58-59-96(5,6)7)87-57-51-81(95-87)70(27-23-19-15-11-4)79-49-55-85(72)93-79/h28-35,39-40,44-57,60,88-89,92-93H,8-27H2,1-7H3. The molecule has 0 unspecified atom stereocenters. The third-order valence-electron chi connectivity index (χ3n) is 18.2. The van der Waals surface area contributed by atoms with Crippen LogP contribution < -0.4 is 0 Å². The molecule has 12 rings (SSSR count). The Labute approximate surface area is 570 Å². The van der Waals surface area contributed by atoms with Crippen molar-refractivity contribution in [3.05, 3.63) is 210 Å². The first-order valence-electron chi connectivity index (χ1n) is 35.5. The molecule has 0 atom stereocenters. The van der Waals surface area contributed by atoms with E-state index in [-0.39, 0.29) is 0 Å². The van der Waals surface area contributed by atoms with Crippen molar-refractivity contribution in [2.24, 2.45) is 0 Å². The van der Waals surface area contributed by atoms with E-state index in [1.165, 1.54) is 73.6 Å². The summed E-state index contributed by atoms with van der Waals surface area (Å²) >= 11 is 0. The molecule has 4 aliphatic rings. The summed E-state index contributed by atoms with van der Waals surface area (Å²) in [6.07, 6.45) is 39.2. The maximum atomic E-state index is 5.44. The molecule has 0 saturated heterocycles. The van der Waals surface area contributed by atoms with Crippen LogP contribution in [0.15, 0.2) is 103 Å². The molecule has 8 nitrogen and oxygen atoms in total. The predicted octanol–water partition coefficient (Wildman–Crippen LogP) is 21.5. The van der Waals surface area contributed by atoms with Crippen molar-refractivity contribution in [2.45, 2.75) is 176 Å². The molecule has 9 heteroatoms. The SMILES string of the molecule is CCCCCCc1c2nc(c(C#Cc3ccc(C#Cc4c5ccc([nH]5)c(CCCCCC)c5nc(c(C#Cc6ccc(C#C[Si](C)(C)C)cc6)c6nc(c(CCCCCC)c7ccc4[nH]7)C=C6)C=C5)cc3)c3nc(c(CCCCCC)c4ccc(cc5ccc1[nH]5)[nH]4)C=C3)C=C2. The smallest absolute Gasteiger partial charge is 0.129 e. The highest BCUT2D eigenvalue weighted by atomic mass is 28.3. The van der Waals surface area contributed by atoms with Gasteiger partial charge in [0.15, 0.2) is 0 Å². The van der Waals surface area contributed by atoms with E-state index < -0.39 is 8.07 Å². The Morgan fingerprint density at radius 3 is 0.885 bits per heavy atom. The van der Waals surface area contributed by atoms with Gasteiger partial charge in [0.1, 0.15) is 8.07 Å². The summed E-state index contributed by atoms with van der Waals surface area (Å²) in [5.74, 6) is 25.0. The largest absolute Gasteiger partial charge is 0.355 e. The Morgan fingerprint density at radius 2 is 0.562 bits per heavy atom. The van der Waals surface area contributed by atoms with Crippen molar-refractivity contribution in [1.29, 1.82) is 0 Å². The molecule has 0 aliphatic carbocycles. The zero-order chi connectivity index (χ0) is 66.2. The van der Waals surface area contributed by atoms with Gasteiger partial charge in [0.25, 0.3) is 0 Å². The minimum Gasteiger partial charge on any atom is -0.355 e. The third-order valence-corrected chi connectivity index (χ3v) is 19.1. The minimum atomic E-state index is -1.51. The molecule has 10 heterocycles. The summed E-state index contributed by atoms with van der Waals surface area (Å²) in [6.45, 7) is 15.9. The number of fused-ring (bicyclic) bond motifs is 16. The fourth-order valence-electron chi connectivity index (χ4n) is 12.9. The average Bonchev–Trinajstić information content (AvgIpc) is 1.66. The van der Waals surface area contributed by atoms with E-state index in [9.17, 15) is 0 Å². The Balaban J connectivity index is 0.958. The first-order chi connectivity index (χ1) is 47.0. The second-order valence-electron chi connectivity index (χ2n) is 26.9. The third kappa shape index (κ3) is 16.6. The molecular formula is C87H90N8Si. The molecule has 96 heavy (non-hydrogen) atoms. The molecule has 0 fully saturated rings. The average molecular weight is 1280 g/mol. The first kappa shape index (κ1) is 66.1. The van der Waals surface area contributed by atoms with Crippen molar-refractivity contribution in [3.63, 3.8) is 0 Å². The number of hydrogen-bond donors (Lipinski definition) is 4. The minimum absolute atomic E-state index is 0.805. The lowest BCUT2D eigenvalue weighted by Gasteiger charge is -2.04. The fourth-order valence-corrected chi connectivity index (χ4v) is 13.4. The molecule has 8 aromatic rings. The second-order valence-corrected chi connectivity index (χ2v) is 31.7. The van der Waals surface area contributed by atoms with Gasteiger partial charge in [-0.25, -0.2) is 19.9 Å². The van der Waals surface area contributed by atoms with Gasteiger partial charge in [0.05, 0.1) is 73.3 Å². The second kappa shape index (κ2) is 31.6. The summed E-state index contributed by atoms with van der Waals surface area (Å²) in [5, 5.41) is 0. The van der Waals surface area contributed by atoms with Crippen molar-refractivity contribution >= 4 is 101 Å². The summed E-state index contributed by atoms with van der Waals surface area (Å²) in [5.41, 5.74) is 29.8. The number of nitrogens with one attached hydrogen (secondary N) is 4. The number of nitrogens with zero attached hydrogens (tertiary/aromatic N) is 4. The normalized spacial score (nSPS) is 12.0. The fraction of sp³-hybridized carbons (Fsp3) is 0.310. The number of benzene rings is 2. The highest BCUT2D eigenvalue weighted by Crippen LogP contribution is 2.32. The van der Waals surface area contributed by atoms with Crippen LogP contribution in [0.1, 0.15) is 237 Å². The lowest BCUT2D eigenvalue weighted by Crippen LogP contribution is -2.16. The van der Waals surface area contributed by atoms with E-state index >= 15 is 0 Å². The van der Waals surface area contributed by atoms with Crippen LogP contribution in [0.5, 0.6) is 0 Å². The Hall–Kier alpha value is -9.90. The van der Waals surface area contributed by atoms with Crippen LogP contribution in [0.2, 0.25) is 19.6 Å². The Bertz CT molecular complexity index is 4720. The van der Waals surface area contributed by atoms with Crippen LogP contribution in [0.25, 0.3) is 92.7 Å². The number of unbranched alkanes of at least 4 members (excludes halogenated alkanes) is 12. The molecule has 0 saturated carbocycles. The van der Waals surface area contributed by atoms with Gasteiger partial charge in [-0.3, -0.25) is 0 Å². The molecule has 4 N–H and O–H groups in total. The van der Waals surface area contributed by atoms with E-state index in [1.807, 2.05) is 0 Å². The van der Waals surface area contributed by atoms with E-state index in [0.29, 0.717) is 0 Å². The van der Waals surface area contributed by atoms with E-state index in [1.54, 1.807) is 0 Å². The zero-order valence-corrected chi connectivity index (χ0v) is 58.4. The zero-order valence-electron chi connectivity index (χ0n) is 57.4. The maximum absolute atomic E-state index is 5.44. The predicted molar refractivity (Wildman–Crippen MR) is 410 cm³/mol. The molecule has 16 bridgehead atoms. The number of aromatic nitrogens is 8. The summed E-state index contributed by atoms with van der Waals surface area (Å²) < 4.78 is 0. The Kier molecular flexibility index (Phi) is 21.7. The summed E-state index contributed by atoms with van der Waals surface area (Å²) in [7, 11) is -1.51. The van der Waals surface area contributed by atoms with Gasteiger partial charge in [0, 0.05) is 77.6 Å². The quantitative estimate of drug-likeness (QED) is 0.0346. The van der Waals surface area contributed by atoms with Crippen LogP contribution in [-0.4, -0.2) is 47.9 Å². The van der Waals surface area contributed by atoms with Gasteiger partial charge in [-0.2, -0.15) is 0 Å². The molecule has 0 amide bonds. The molecule has 482 valence electrons.